The van der Waals surface area contributed by atoms with E-state index in [2.05, 4.69) is 32.0 Å². The number of imidazole rings is 1. The highest BCUT2D eigenvalue weighted by atomic mass is 32.1. The molecule has 0 radical (unpaired) electrons. The summed E-state index contributed by atoms with van der Waals surface area (Å²) in [4.78, 5) is 30.8. The molecule has 13 heteroatoms. The Balaban J connectivity index is 1.17. The number of aromatic nitrogens is 5. The van der Waals surface area contributed by atoms with Crippen LogP contribution in [0.4, 0.5) is 18.2 Å². The van der Waals surface area contributed by atoms with Gasteiger partial charge in [-0.05, 0) is 63.5 Å². The molecule has 3 aromatic heterocycles. The van der Waals surface area contributed by atoms with Gasteiger partial charge in [-0.25, -0.2) is 9.97 Å². The molecule has 2 aliphatic heterocycles. The maximum absolute atomic E-state index is 13.7. The van der Waals surface area contributed by atoms with Crippen LogP contribution in [0.5, 0.6) is 0 Å². The monoisotopic (exact) mass is 572 g/mol. The van der Waals surface area contributed by atoms with Gasteiger partial charge in [-0.2, -0.15) is 18.3 Å². The minimum atomic E-state index is -4.57. The summed E-state index contributed by atoms with van der Waals surface area (Å²) in [7, 11) is 2.13. The number of para-hydroxylation sites is 2. The van der Waals surface area contributed by atoms with Crippen molar-refractivity contribution in [2.75, 3.05) is 44.7 Å². The number of carbonyl (C=O) groups excluding carboxylic acids is 1. The first-order chi connectivity index (χ1) is 19.2. The van der Waals surface area contributed by atoms with Crippen LogP contribution in [0.1, 0.15) is 36.3 Å². The number of anilines is 1. The number of amides is 1. The highest BCUT2D eigenvalue weighted by Crippen LogP contribution is 2.42. The molecule has 40 heavy (non-hydrogen) atoms. The fourth-order valence-electron chi connectivity index (χ4n) is 5.63. The third-order valence-corrected chi connectivity index (χ3v) is 9.00. The standard InChI is InChI=1S/C27H31F3N8OS/c1-17-14-36(11-12-38(17)22(39)16-37-15-19(13-31-37)18-7-9-35(2)10-8-18)25-23(34-26(40-25)27(28,29)30)24-32-20-5-3-4-6-21(20)33-24/h3-6,13,15,17-18H,7-12,14,16H2,1-2H3,(H,32,33)/t17-/m1/s1. The average Bonchev–Trinajstić information content (AvgIpc) is 3.66. The highest BCUT2D eigenvalue weighted by Gasteiger charge is 2.39. The minimum absolute atomic E-state index is 0.0528. The number of carbonyl (C=O) groups is 1. The number of alkyl halides is 3. The summed E-state index contributed by atoms with van der Waals surface area (Å²) < 4.78 is 42.8. The van der Waals surface area contributed by atoms with Gasteiger partial charge in [0.2, 0.25) is 10.9 Å². The summed E-state index contributed by atoms with van der Waals surface area (Å²) in [6.07, 6.45) is 1.44. The Kier molecular flexibility index (Phi) is 7.03. The third-order valence-electron chi connectivity index (χ3n) is 7.84. The van der Waals surface area contributed by atoms with Crippen LogP contribution in [0.15, 0.2) is 36.7 Å². The molecule has 0 aliphatic carbocycles. The molecule has 6 rings (SSSR count). The number of nitrogens with one attached hydrogen (secondary N) is 1. The first-order valence-corrected chi connectivity index (χ1v) is 14.3. The van der Waals surface area contributed by atoms with Gasteiger partial charge < -0.3 is 19.7 Å². The van der Waals surface area contributed by atoms with Crippen molar-refractivity contribution in [3.63, 3.8) is 0 Å². The van der Waals surface area contributed by atoms with Crippen LogP contribution in [-0.4, -0.2) is 86.3 Å². The van der Waals surface area contributed by atoms with Crippen LogP contribution >= 0.6 is 11.3 Å². The number of thiazole rings is 1. The van der Waals surface area contributed by atoms with Crippen molar-refractivity contribution in [2.24, 2.45) is 0 Å². The molecule has 2 saturated heterocycles. The molecule has 1 amide bonds. The first-order valence-electron chi connectivity index (χ1n) is 13.4. The van der Waals surface area contributed by atoms with Gasteiger partial charge in [-0.3, -0.25) is 9.48 Å². The lowest BCUT2D eigenvalue weighted by Gasteiger charge is -2.40. The molecular formula is C27H31F3N8OS. The Labute approximate surface area is 233 Å². The smallest absolute Gasteiger partial charge is 0.358 e. The lowest BCUT2D eigenvalue weighted by molar-refractivity contribution is -0.137. The van der Waals surface area contributed by atoms with Crippen molar-refractivity contribution >= 4 is 33.3 Å². The summed E-state index contributed by atoms with van der Waals surface area (Å²) in [5.74, 6) is 0.709. The summed E-state index contributed by atoms with van der Waals surface area (Å²) >= 11 is 0.618. The van der Waals surface area contributed by atoms with Crippen LogP contribution in [0.2, 0.25) is 0 Å². The van der Waals surface area contributed by atoms with E-state index in [0.29, 0.717) is 53.2 Å². The molecule has 0 saturated carbocycles. The lowest BCUT2D eigenvalue weighted by Crippen LogP contribution is -2.54. The van der Waals surface area contributed by atoms with E-state index in [-0.39, 0.29) is 24.2 Å². The molecule has 4 aromatic rings. The van der Waals surface area contributed by atoms with Crippen LogP contribution in [-0.2, 0) is 17.5 Å². The zero-order chi connectivity index (χ0) is 28.0. The molecule has 5 heterocycles. The van der Waals surface area contributed by atoms with Crippen molar-refractivity contribution in [3.8, 4) is 11.5 Å². The molecule has 1 N–H and O–H groups in total. The summed E-state index contributed by atoms with van der Waals surface area (Å²) in [6, 6.07) is 7.09. The number of halogens is 3. The molecule has 1 atom stereocenters. The first kappa shape index (κ1) is 26.8. The predicted octanol–water partition coefficient (Wildman–Crippen LogP) is 4.45. The van der Waals surface area contributed by atoms with E-state index in [0.717, 1.165) is 31.4 Å². The second kappa shape index (κ2) is 10.5. The lowest BCUT2D eigenvalue weighted by atomic mass is 9.92. The molecule has 0 unspecified atom stereocenters. The Hall–Kier alpha value is -3.45. The van der Waals surface area contributed by atoms with Crippen molar-refractivity contribution in [3.05, 3.63) is 47.2 Å². The number of hydrogen-bond donors (Lipinski definition) is 1. The average molecular weight is 573 g/mol. The van der Waals surface area contributed by atoms with Crippen molar-refractivity contribution in [1.29, 1.82) is 0 Å². The Bertz CT molecular complexity index is 1470. The number of aromatic amines is 1. The number of H-pyrrole nitrogens is 1. The largest absolute Gasteiger partial charge is 0.443 e. The maximum atomic E-state index is 13.7. The molecular weight excluding hydrogens is 541 g/mol. The normalized spacial score (nSPS) is 19.6. The van der Waals surface area contributed by atoms with Gasteiger partial charge in [0.25, 0.3) is 0 Å². The van der Waals surface area contributed by atoms with Gasteiger partial charge in [0, 0.05) is 31.9 Å². The Morgan fingerprint density at radius 2 is 1.90 bits per heavy atom. The minimum Gasteiger partial charge on any atom is -0.358 e. The molecule has 212 valence electrons. The van der Waals surface area contributed by atoms with E-state index in [1.54, 1.807) is 15.6 Å². The van der Waals surface area contributed by atoms with Crippen molar-refractivity contribution in [2.45, 2.75) is 44.4 Å². The summed E-state index contributed by atoms with van der Waals surface area (Å²) in [5, 5.41) is 3.93. The van der Waals surface area contributed by atoms with E-state index in [4.69, 9.17) is 0 Å². The highest BCUT2D eigenvalue weighted by molar-refractivity contribution is 7.16. The maximum Gasteiger partial charge on any atom is 0.443 e. The van der Waals surface area contributed by atoms with Crippen molar-refractivity contribution < 1.29 is 18.0 Å². The number of benzene rings is 1. The third kappa shape index (κ3) is 5.31. The number of fused-ring (bicyclic) bond motifs is 1. The molecule has 2 aliphatic rings. The van der Waals surface area contributed by atoms with Gasteiger partial charge in [0.1, 0.15) is 17.2 Å². The number of hydrogen-bond acceptors (Lipinski definition) is 7. The zero-order valence-electron chi connectivity index (χ0n) is 22.4. The van der Waals surface area contributed by atoms with E-state index >= 15 is 0 Å². The Morgan fingerprint density at radius 3 is 2.62 bits per heavy atom. The molecule has 1 aromatic carbocycles. The van der Waals surface area contributed by atoms with Gasteiger partial charge in [-0.15, -0.1) is 0 Å². The fourth-order valence-corrected chi connectivity index (χ4v) is 6.60. The van der Waals surface area contributed by atoms with Crippen LogP contribution in [0.3, 0.4) is 0 Å². The number of piperazine rings is 1. The zero-order valence-corrected chi connectivity index (χ0v) is 23.2. The van der Waals surface area contributed by atoms with Crippen LogP contribution in [0, 0.1) is 0 Å². The molecule has 0 bridgehead atoms. The number of piperidine rings is 1. The number of likely N-dealkylation sites (tertiary alicyclic amines) is 1. The van der Waals surface area contributed by atoms with Crippen molar-refractivity contribution in [1.82, 2.24) is 34.5 Å². The van der Waals surface area contributed by atoms with Crippen LogP contribution < -0.4 is 4.90 Å². The van der Waals surface area contributed by atoms with Gasteiger partial charge in [-0.1, -0.05) is 23.5 Å². The van der Waals surface area contributed by atoms with Gasteiger partial charge >= 0.3 is 6.18 Å². The molecule has 0 spiro atoms. The Morgan fingerprint density at radius 1 is 1.12 bits per heavy atom. The SMILES string of the molecule is C[C@@H]1CN(c2sc(C(F)(F)F)nc2-c2nc3ccccc3[nH]2)CCN1C(=O)Cn1cc(C2CCN(C)CC2)cn1. The van der Waals surface area contributed by atoms with E-state index < -0.39 is 11.2 Å². The second-order valence-corrected chi connectivity index (χ2v) is 11.7. The van der Waals surface area contributed by atoms with Crippen LogP contribution in [0.25, 0.3) is 22.6 Å². The second-order valence-electron chi connectivity index (χ2n) is 10.7. The summed E-state index contributed by atoms with van der Waals surface area (Å²) in [6.45, 7) is 5.34. The molecule has 2 fully saturated rings. The topological polar surface area (TPSA) is 86.2 Å². The van der Waals surface area contributed by atoms with E-state index in [1.807, 2.05) is 42.4 Å². The number of nitrogens with zero attached hydrogens (tertiary/aromatic N) is 7. The number of rotatable bonds is 5. The summed E-state index contributed by atoms with van der Waals surface area (Å²) in [5.41, 5.74) is 2.74. The molecule has 9 nitrogen and oxygen atoms in total. The van der Waals surface area contributed by atoms with Gasteiger partial charge in [0.05, 0.1) is 17.2 Å². The van der Waals surface area contributed by atoms with E-state index in [1.165, 1.54) is 5.56 Å². The predicted molar refractivity (Wildman–Crippen MR) is 147 cm³/mol. The van der Waals surface area contributed by atoms with E-state index in [9.17, 15) is 18.0 Å². The fraction of sp³-hybridized carbons (Fsp3) is 0.481. The van der Waals surface area contributed by atoms with Gasteiger partial charge in [0.15, 0.2) is 5.82 Å². The quantitative estimate of drug-likeness (QED) is 0.381.